The SMILES string of the molecule is CC(C)CCC[C@@H](C)[C@H]1CC[C@H]2[C@@H]3CC=C4C[C@@H](OCCOCCOCCOCCOCCS(=O)(=O)[O-])CC[C@]4(C)[C@H]3CC[C@]12C.[Na+]. The molecule has 0 aromatic rings. The molecule has 47 heavy (non-hydrogen) atoms. The van der Waals surface area contributed by atoms with Gasteiger partial charge < -0.3 is 28.2 Å². The summed E-state index contributed by atoms with van der Waals surface area (Å²) in [5.41, 5.74) is 2.59. The Kier molecular flexibility index (Phi) is 17.7. The van der Waals surface area contributed by atoms with Gasteiger partial charge in [-0.1, -0.05) is 65.5 Å². The minimum atomic E-state index is -4.23. The largest absolute Gasteiger partial charge is 1.00 e. The molecule has 0 heterocycles. The van der Waals surface area contributed by atoms with Crippen LogP contribution in [0.1, 0.15) is 105 Å². The summed E-state index contributed by atoms with van der Waals surface area (Å²) in [5.74, 6) is 4.72. The Morgan fingerprint density at radius 3 is 2.04 bits per heavy atom. The molecule has 4 aliphatic rings. The van der Waals surface area contributed by atoms with Crippen molar-refractivity contribution < 1.29 is 66.2 Å². The third-order valence-electron chi connectivity index (χ3n) is 12.4. The fraction of sp³-hybridized carbons (Fsp3) is 0.946. The Morgan fingerprint density at radius 2 is 1.43 bits per heavy atom. The van der Waals surface area contributed by atoms with Gasteiger partial charge in [0.1, 0.15) is 0 Å². The van der Waals surface area contributed by atoms with Crippen molar-refractivity contribution in [3.05, 3.63) is 11.6 Å². The summed E-state index contributed by atoms with van der Waals surface area (Å²) in [4.78, 5) is 0. The molecule has 4 aliphatic carbocycles. The quantitative estimate of drug-likeness (QED) is 0.0770. The molecule has 3 fully saturated rings. The van der Waals surface area contributed by atoms with E-state index >= 15 is 0 Å². The van der Waals surface area contributed by atoms with Crippen LogP contribution in [0, 0.1) is 46.3 Å². The van der Waals surface area contributed by atoms with Gasteiger partial charge in [0.15, 0.2) is 0 Å². The van der Waals surface area contributed by atoms with Crippen molar-refractivity contribution in [3.8, 4) is 0 Å². The van der Waals surface area contributed by atoms with Gasteiger partial charge >= 0.3 is 29.6 Å². The predicted molar refractivity (Wildman–Crippen MR) is 181 cm³/mol. The Balaban J connectivity index is 0.00000600. The maximum Gasteiger partial charge on any atom is 1.00 e. The number of rotatable bonds is 21. The molecule has 4 rings (SSSR count). The van der Waals surface area contributed by atoms with Crippen molar-refractivity contribution >= 4 is 10.1 Å². The Labute approximate surface area is 309 Å². The molecule has 0 bridgehead atoms. The van der Waals surface area contributed by atoms with Crippen LogP contribution in [0.5, 0.6) is 0 Å². The maximum absolute atomic E-state index is 10.5. The standard InChI is InChI=1S/C37H66O8S.Na/c1-28(2)7-6-8-29(3)33-11-12-34-32-10-9-30-27-31(13-15-36(30,4)35(32)14-16-37(33,34)5)45-24-23-43-20-19-41-17-18-42-21-22-44-25-26-46(38,39)40;/h9,28-29,31-35H,6-8,10-27H2,1-5H3,(H,38,39,40);/q;+1/p-1/t29-,31+,32+,33-,34+,35+,36+,37-;/m1./s1. The molecule has 8 nitrogen and oxygen atoms in total. The fourth-order valence-electron chi connectivity index (χ4n) is 9.99. The van der Waals surface area contributed by atoms with Crippen LogP contribution in [-0.2, 0) is 33.8 Å². The second kappa shape index (κ2) is 19.9. The zero-order chi connectivity index (χ0) is 33.2. The molecule has 0 saturated heterocycles. The van der Waals surface area contributed by atoms with Crippen molar-refractivity contribution in [2.24, 2.45) is 46.3 Å². The normalized spacial score (nSPS) is 32.7. The summed E-state index contributed by atoms with van der Waals surface area (Å²) in [6.07, 6.45) is 17.7. The van der Waals surface area contributed by atoms with E-state index in [0.29, 0.717) is 63.2 Å². The third kappa shape index (κ3) is 12.0. The Bertz CT molecular complexity index is 1050. The predicted octanol–water partition coefficient (Wildman–Crippen LogP) is 4.03. The number of allylic oxidation sites excluding steroid dienone is 1. The zero-order valence-electron chi connectivity index (χ0n) is 30.6. The van der Waals surface area contributed by atoms with E-state index in [4.69, 9.17) is 23.7 Å². The molecule has 0 N–H and O–H groups in total. The van der Waals surface area contributed by atoms with E-state index in [2.05, 4.69) is 40.7 Å². The van der Waals surface area contributed by atoms with Gasteiger partial charge in [0.2, 0.25) is 0 Å². The van der Waals surface area contributed by atoms with E-state index < -0.39 is 15.9 Å². The molecule has 0 aromatic carbocycles. The van der Waals surface area contributed by atoms with Gasteiger partial charge in [-0.05, 0) is 97.7 Å². The molecule has 8 atom stereocenters. The Morgan fingerprint density at radius 1 is 0.809 bits per heavy atom. The second-order valence-electron chi connectivity index (χ2n) is 15.7. The van der Waals surface area contributed by atoms with Crippen LogP contribution in [0.4, 0.5) is 0 Å². The van der Waals surface area contributed by atoms with E-state index in [1.54, 1.807) is 5.57 Å². The summed E-state index contributed by atoms with van der Waals surface area (Å²) in [6, 6.07) is 0. The summed E-state index contributed by atoms with van der Waals surface area (Å²) in [6.45, 7) is 16.1. The summed E-state index contributed by atoms with van der Waals surface area (Å²) < 4.78 is 59.5. The van der Waals surface area contributed by atoms with Crippen LogP contribution in [0.15, 0.2) is 11.6 Å². The third-order valence-corrected chi connectivity index (χ3v) is 13.1. The molecule has 268 valence electrons. The van der Waals surface area contributed by atoms with E-state index in [0.717, 1.165) is 48.3 Å². The van der Waals surface area contributed by atoms with Crippen molar-refractivity contribution in [2.75, 3.05) is 65.2 Å². The molecule has 3 saturated carbocycles. The number of hydrogen-bond acceptors (Lipinski definition) is 8. The van der Waals surface area contributed by atoms with Gasteiger partial charge in [0.05, 0.1) is 81.4 Å². The number of fused-ring (bicyclic) bond motifs is 5. The van der Waals surface area contributed by atoms with E-state index in [1.807, 2.05) is 0 Å². The first kappa shape index (κ1) is 41.9. The molecule has 0 spiro atoms. The van der Waals surface area contributed by atoms with Gasteiger partial charge in [-0.25, -0.2) is 8.42 Å². The average Bonchev–Trinajstić information content (AvgIpc) is 3.35. The molecule has 0 aromatic heterocycles. The minimum absolute atomic E-state index is 0. The van der Waals surface area contributed by atoms with Gasteiger partial charge in [-0.3, -0.25) is 0 Å². The monoisotopic (exact) mass is 692 g/mol. The molecule has 0 aliphatic heterocycles. The van der Waals surface area contributed by atoms with Crippen LogP contribution in [0.3, 0.4) is 0 Å². The fourth-order valence-corrected chi connectivity index (χ4v) is 10.3. The van der Waals surface area contributed by atoms with Crippen LogP contribution in [-0.4, -0.2) is 84.3 Å². The summed E-state index contributed by atoms with van der Waals surface area (Å²) in [7, 11) is -4.23. The molecule has 0 radical (unpaired) electrons. The summed E-state index contributed by atoms with van der Waals surface area (Å²) >= 11 is 0. The van der Waals surface area contributed by atoms with Crippen molar-refractivity contribution in [1.82, 2.24) is 0 Å². The van der Waals surface area contributed by atoms with Crippen LogP contribution < -0.4 is 29.6 Å². The average molecular weight is 693 g/mol. The molecular weight excluding hydrogens is 627 g/mol. The molecule has 0 amide bonds. The van der Waals surface area contributed by atoms with Crippen LogP contribution in [0.25, 0.3) is 0 Å². The first-order chi connectivity index (χ1) is 21.9. The number of hydrogen-bond donors (Lipinski definition) is 0. The molecule has 0 unspecified atom stereocenters. The number of ether oxygens (including phenoxy) is 5. The maximum atomic E-state index is 10.5. The zero-order valence-corrected chi connectivity index (χ0v) is 33.5. The smallest absolute Gasteiger partial charge is 0.748 e. The van der Waals surface area contributed by atoms with Crippen LogP contribution >= 0.6 is 0 Å². The van der Waals surface area contributed by atoms with Gasteiger partial charge in [0, 0.05) is 0 Å². The van der Waals surface area contributed by atoms with E-state index in [9.17, 15) is 13.0 Å². The van der Waals surface area contributed by atoms with E-state index in [1.165, 1.54) is 57.8 Å². The van der Waals surface area contributed by atoms with Crippen LogP contribution in [0.2, 0.25) is 0 Å². The first-order valence-electron chi connectivity index (χ1n) is 18.5. The Hall–Kier alpha value is 0.450. The van der Waals surface area contributed by atoms with Crippen molar-refractivity contribution in [1.29, 1.82) is 0 Å². The molecular formula is C37H65NaO8S. The second-order valence-corrected chi connectivity index (χ2v) is 17.3. The summed E-state index contributed by atoms with van der Waals surface area (Å²) in [5, 5.41) is 0. The van der Waals surface area contributed by atoms with Gasteiger partial charge in [0.25, 0.3) is 0 Å². The van der Waals surface area contributed by atoms with Crippen molar-refractivity contribution in [3.63, 3.8) is 0 Å². The van der Waals surface area contributed by atoms with E-state index in [-0.39, 0.29) is 42.8 Å². The minimum Gasteiger partial charge on any atom is -0.748 e. The topological polar surface area (TPSA) is 103 Å². The van der Waals surface area contributed by atoms with Gasteiger partial charge in [-0.2, -0.15) is 0 Å². The van der Waals surface area contributed by atoms with Crippen molar-refractivity contribution in [2.45, 2.75) is 111 Å². The molecule has 10 heteroatoms. The first-order valence-corrected chi connectivity index (χ1v) is 20.1. The van der Waals surface area contributed by atoms with Gasteiger partial charge in [-0.15, -0.1) is 0 Å².